The van der Waals surface area contributed by atoms with Crippen LogP contribution in [0, 0.1) is 6.92 Å². The minimum atomic E-state index is -0.209. The Hall–Kier alpha value is -1.81. The zero-order valence-corrected chi connectivity index (χ0v) is 8.40. The highest BCUT2D eigenvalue weighted by molar-refractivity contribution is 5.34. The SMILES string of the molecule is Cc1ccc(-n2[nH]c(=O)cc2CO)cc1. The summed E-state index contributed by atoms with van der Waals surface area (Å²) >= 11 is 0. The third kappa shape index (κ3) is 1.85. The van der Waals surface area contributed by atoms with E-state index in [2.05, 4.69) is 5.10 Å². The first kappa shape index (κ1) is 9.73. The summed E-state index contributed by atoms with van der Waals surface area (Å²) in [5.41, 5.74) is 2.34. The Labute approximate surface area is 86.8 Å². The summed E-state index contributed by atoms with van der Waals surface area (Å²) < 4.78 is 1.59. The van der Waals surface area contributed by atoms with Crippen LogP contribution in [-0.4, -0.2) is 14.9 Å². The fourth-order valence-corrected chi connectivity index (χ4v) is 1.47. The molecule has 0 amide bonds. The number of aromatic nitrogens is 2. The van der Waals surface area contributed by atoms with Gasteiger partial charge >= 0.3 is 0 Å². The lowest BCUT2D eigenvalue weighted by Gasteiger charge is -2.06. The molecule has 2 rings (SSSR count). The Balaban J connectivity index is 2.53. The summed E-state index contributed by atoms with van der Waals surface area (Å²) in [7, 11) is 0. The monoisotopic (exact) mass is 204 g/mol. The van der Waals surface area contributed by atoms with E-state index in [0.29, 0.717) is 5.69 Å². The smallest absolute Gasteiger partial charge is 0.264 e. The molecule has 2 N–H and O–H groups in total. The summed E-state index contributed by atoms with van der Waals surface area (Å²) in [6.07, 6.45) is 0. The highest BCUT2D eigenvalue weighted by Gasteiger charge is 2.04. The molecule has 0 aliphatic heterocycles. The largest absolute Gasteiger partial charge is 0.390 e. The molecule has 0 bridgehead atoms. The molecule has 78 valence electrons. The van der Waals surface area contributed by atoms with Crippen molar-refractivity contribution in [3.8, 4) is 5.69 Å². The van der Waals surface area contributed by atoms with E-state index < -0.39 is 0 Å². The van der Waals surface area contributed by atoms with Gasteiger partial charge in [0.25, 0.3) is 5.56 Å². The molecule has 2 aromatic rings. The summed E-state index contributed by atoms with van der Waals surface area (Å²) in [4.78, 5) is 11.1. The van der Waals surface area contributed by atoms with Gasteiger partial charge in [0.05, 0.1) is 18.0 Å². The van der Waals surface area contributed by atoms with Crippen molar-refractivity contribution in [1.82, 2.24) is 9.78 Å². The predicted molar refractivity (Wildman–Crippen MR) is 57.0 cm³/mol. The highest BCUT2D eigenvalue weighted by atomic mass is 16.3. The fraction of sp³-hybridized carbons (Fsp3) is 0.182. The van der Waals surface area contributed by atoms with Crippen LogP contribution in [0.4, 0.5) is 0 Å². The third-order valence-electron chi connectivity index (χ3n) is 2.26. The van der Waals surface area contributed by atoms with Crippen LogP contribution in [0.5, 0.6) is 0 Å². The summed E-state index contributed by atoms with van der Waals surface area (Å²) in [5, 5.41) is 11.7. The standard InChI is InChI=1S/C11H12N2O2/c1-8-2-4-9(5-3-8)13-10(7-14)6-11(15)12-13/h2-6,14H,7H2,1H3,(H,12,15). The molecular formula is C11H12N2O2. The summed E-state index contributed by atoms with van der Waals surface area (Å²) in [6.45, 7) is 1.84. The van der Waals surface area contributed by atoms with E-state index >= 15 is 0 Å². The number of aromatic amines is 1. The Morgan fingerprint density at radius 1 is 1.33 bits per heavy atom. The number of rotatable bonds is 2. The van der Waals surface area contributed by atoms with E-state index in [9.17, 15) is 4.79 Å². The van der Waals surface area contributed by atoms with Gasteiger partial charge in [0.1, 0.15) is 0 Å². The van der Waals surface area contributed by atoms with Crippen molar-refractivity contribution in [2.45, 2.75) is 13.5 Å². The van der Waals surface area contributed by atoms with Crippen molar-refractivity contribution in [1.29, 1.82) is 0 Å². The molecule has 0 aliphatic rings. The maximum absolute atomic E-state index is 11.1. The van der Waals surface area contributed by atoms with Gasteiger partial charge in [-0.2, -0.15) is 0 Å². The Morgan fingerprint density at radius 2 is 2.00 bits per heavy atom. The zero-order chi connectivity index (χ0) is 10.8. The molecule has 0 spiro atoms. The lowest BCUT2D eigenvalue weighted by molar-refractivity contribution is 0.273. The second-order valence-electron chi connectivity index (χ2n) is 3.44. The van der Waals surface area contributed by atoms with E-state index in [0.717, 1.165) is 11.3 Å². The number of nitrogens with one attached hydrogen (secondary N) is 1. The first-order chi connectivity index (χ1) is 7.20. The van der Waals surface area contributed by atoms with Gasteiger partial charge in [-0.25, -0.2) is 0 Å². The quantitative estimate of drug-likeness (QED) is 0.765. The van der Waals surface area contributed by atoms with E-state index in [-0.39, 0.29) is 12.2 Å². The van der Waals surface area contributed by atoms with Crippen LogP contribution in [0.2, 0.25) is 0 Å². The van der Waals surface area contributed by atoms with Crippen molar-refractivity contribution in [3.63, 3.8) is 0 Å². The minimum Gasteiger partial charge on any atom is -0.390 e. The number of hydrogen-bond acceptors (Lipinski definition) is 2. The van der Waals surface area contributed by atoms with E-state index in [1.54, 1.807) is 4.68 Å². The van der Waals surface area contributed by atoms with Crippen LogP contribution in [0.3, 0.4) is 0 Å². The Bertz CT molecular complexity index is 508. The second-order valence-corrected chi connectivity index (χ2v) is 3.44. The van der Waals surface area contributed by atoms with Gasteiger partial charge in [-0.3, -0.25) is 14.6 Å². The van der Waals surface area contributed by atoms with Crippen LogP contribution >= 0.6 is 0 Å². The molecule has 0 saturated carbocycles. The zero-order valence-electron chi connectivity index (χ0n) is 8.40. The van der Waals surface area contributed by atoms with Gasteiger partial charge in [-0.1, -0.05) is 17.7 Å². The molecule has 15 heavy (non-hydrogen) atoms. The van der Waals surface area contributed by atoms with Gasteiger partial charge in [0.2, 0.25) is 0 Å². The maximum Gasteiger partial charge on any atom is 0.264 e. The number of aliphatic hydroxyl groups is 1. The molecule has 1 aromatic heterocycles. The second kappa shape index (κ2) is 3.74. The van der Waals surface area contributed by atoms with Gasteiger partial charge in [-0.15, -0.1) is 0 Å². The van der Waals surface area contributed by atoms with Crippen LogP contribution in [0.25, 0.3) is 5.69 Å². The van der Waals surface area contributed by atoms with Gasteiger partial charge in [0.15, 0.2) is 0 Å². The highest BCUT2D eigenvalue weighted by Crippen LogP contribution is 2.09. The van der Waals surface area contributed by atoms with Crippen LogP contribution < -0.4 is 5.56 Å². The fourth-order valence-electron chi connectivity index (χ4n) is 1.47. The molecule has 0 fully saturated rings. The molecule has 0 unspecified atom stereocenters. The molecular weight excluding hydrogens is 192 g/mol. The van der Waals surface area contributed by atoms with Crippen LogP contribution in [0.15, 0.2) is 35.1 Å². The summed E-state index contributed by atoms with van der Waals surface area (Å²) in [5.74, 6) is 0. The first-order valence-corrected chi connectivity index (χ1v) is 4.69. The van der Waals surface area contributed by atoms with Crippen molar-refractivity contribution in [2.24, 2.45) is 0 Å². The van der Waals surface area contributed by atoms with Crippen LogP contribution in [0.1, 0.15) is 11.3 Å². The Kier molecular flexibility index (Phi) is 2.43. The van der Waals surface area contributed by atoms with E-state index in [4.69, 9.17) is 5.11 Å². The molecule has 0 atom stereocenters. The molecule has 0 aliphatic carbocycles. The molecule has 1 heterocycles. The first-order valence-electron chi connectivity index (χ1n) is 4.69. The van der Waals surface area contributed by atoms with Gasteiger partial charge < -0.3 is 5.11 Å². The maximum atomic E-state index is 11.1. The van der Waals surface area contributed by atoms with Crippen LogP contribution in [-0.2, 0) is 6.61 Å². The average molecular weight is 204 g/mol. The Morgan fingerprint density at radius 3 is 2.60 bits per heavy atom. The third-order valence-corrected chi connectivity index (χ3v) is 2.26. The van der Waals surface area contributed by atoms with Crippen molar-refractivity contribution in [3.05, 3.63) is 51.9 Å². The molecule has 0 radical (unpaired) electrons. The number of nitrogens with zero attached hydrogens (tertiary/aromatic N) is 1. The van der Waals surface area contributed by atoms with E-state index in [1.807, 2.05) is 31.2 Å². The molecule has 1 aromatic carbocycles. The predicted octanol–water partition coefficient (Wildman–Crippen LogP) is 0.966. The van der Waals surface area contributed by atoms with Crippen molar-refractivity contribution < 1.29 is 5.11 Å². The number of aryl methyl sites for hydroxylation is 1. The van der Waals surface area contributed by atoms with E-state index in [1.165, 1.54) is 6.07 Å². The van der Waals surface area contributed by atoms with Crippen molar-refractivity contribution >= 4 is 0 Å². The number of H-pyrrole nitrogens is 1. The minimum absolute atomic E-state index is 0.160. The van der Waals surface area contributed by atoms with Gasteiger partial charge in [0, 0.05) is 6.07 Å². The molecule has 0 saturated heterocycles. The molecule has 4 heteroatoms. The number of hydrogen-bond donors (Lipinski definition) is 2. The number of benzene rings is 1. The lowest BCUT2D eigenvalue weighted by Crippen LogP contribution is -2.05. The number of aliphatic hydroxyl groups excluding tert-OH is 1. The normalized spacial score (nSPS) is 10.5. The topological polar surface area (TPSA) is 58.0 Å². The average Bonchev–Trinajstić information content (AvgIpc) is 2.61. The van der Waals surface area contributed by atoms with Crippen molar-refractivity contribution in [2.75, 3.05) is 0 Å². The summed E-state index contributed by atoms with van der Waals surface area (Å²) in [6, 6.07) is 9.08. The molecule has 4 nitrogen and oxygen atoms in total. The lowest BCUT2D eigenvalue weighted by atomic mass is 10.2. The van der Waals surface area contributed by atoms with Gasteiger partial charge in [-0.05, 0) is 19.1 Å².